The fraction of sp³-hybridized carbons (Fsp3) is 0.591. The van der Waals surface area contributed by atoms with Crippen molar-refractivity contribution in [3.63, 3.8) is 0 Å². The van der Waals surface area contributed by atoms with Crippen molar-refractivity contribution < 1.29 is 29.3 Å². The largest absolute Gasteiger partial charge is 0.483 e. The molecular weight excluding hydrogens is 424 g/mol. The number of likely N-dealkylation sites (tertiary alicyclic amines) is 2. The second-order valence-electron chi connectivity index (χ2n) is 8.45. The number of hydrogen-bond acceptors (Lipinski definition) is 6. The number of nitrogens with zero attached hydrogens (tertiary/aromatic N) is 2. The Morgan fingerprint density at radius 2 is 1.74 bits per heavy atom. The average Bonchev–Trinajstić information content (AvgIpc) is 3.05. The molecule has 3 aliphatic rings. The highest BCUT2D eigenvalue weighted by Gasteiger charge is 2.51. The van der Waals surface area contributed by atoms with Gasteiger partial charge in [-0.25, -0.2) is 0 Å². The van der Waals surface area contributed by atoms with Crippen molar-refractivity contribution in [1.29, 1.82) is 0 Å². The zero-order chi connectivity index (χ0) is 22.4. The molecule has 0 aromatic heterocycles. The zero-order valence-corrected chi connectivity index (χ0v) is 18.2. The van der Waals surface area contributed by atoms with Gasteiger partial charge in [0.2, 0.25) is 0 Å². The highest BCUT2D eigenvalue weighted by atomic mass is 35.5. The molecule has 3 heterocycles. The van der Waals surface area contributed by atoms with Crippen LogP contribution >= 0.6 is 11.6 Å². The van der Waals surface area contributed by atoms with Crippen LogP contribution in [-0.2, 0) is 14.3 Å². The number of benzene rings is 1. The Bertz CT molecular complexity index is 771. The fourth-order valence-electron chi connectivity index (χ4n) is 4.65. The highest BCUT2D eigenvalue weighted by Crippen LogP contribution is 2.43. The van der Waals surface area contributed by atoms with Gasteiger partial charge in [0.1, 0.15) is 6.10 Å². The van der Waals surface area contributed by atoms with Crippen LogP contribution in [0.25, 0.3) is 0 Å². The van der Waals surface area contributed by atoms with Crippen LogP contribution in [0.15, 0.2) is 24.3 Å². The smallest absolute Gasteiger partial charge is 0.312 e. The number of aliphatic hydroxyl groups excluding tert-OH is 1. The minimum absolute atomic E-state index is 0.0127. The number of carbonyl (C=O) groups excluding carboxylic acids is 2. The number of aliphatic hydroxyl groups is 1. The van der Waals surface area contributed by atoms with Crippen LogP contribution in [0.5, 0.6) is 0 Å². The molecule has 0 radical (unpaired) electrons. The van der Waals surface area contributed by atoms with Crippen molar-refractivity contribution in [2.24, 2.45) is 5.41 Å². The molecule has 1 aromatic rings. The Morgan fingerprint density at radius 3 is 2.32 bits per heavy atom. The second kappa shape index (κ2) is 10.4. The summed E-state index contributed by atoms with van der Waals surface area (Å²) in [4.78, 5) is 37.8. The van der Waals surface area contributed by atoms with Gasteiger partial charge < -0.3 is 19.8 Å². The molecule has 1 amide bonds. The summed E-state index contributed by atoms with van der Waals surface area (Å²) < 4.78 is 5.72. The second-order valence-corrected chi connectivity index (χ2v) is 8.88. The van der Waals surface area contributed by atoms with E-state index in [0.29, 0.717) is 36.5 Å². The van der Waals surface area contributed by atoms with E-state index < -0.39 is 5.41 Å². The minimum atomic E-state index is -0.448. The monoisotopic (exact) mass is 452 g/mol. The summed E-state index contributed by atoms with van der Waals surface area (Å²) in [6.45, 7) is 3.34. The van der Waals surface area contributed by atoms with Crippen LogP contribution in [0, 0.1) is 5.41 Å². The summed E-state index contributed by atoms with van der Waals surface area (Å²) in [5.41, 5.74) is 0.177. The van der Waals surface area contributed by atoms with Gasteiger partial charge in [-0.15, -0.1) is 0 Å². The number of carboxylic acid groups (broad SMARTS) is 1. The number of hydrogen-bond donors (Lipinski definition) is 2. The van der Waals surface area contributed by atoms with E-state index in [1.54, 1.807) is 24.3 Å². The van der Waals surface area contributed by atoms with E-state index in [-0.39, 0.29) is 30.6 Å². The number of carbonyl (C=O) groups is 3. The maximum Gasteiger partial charge on any atom is 0.312 e. The number of amides is 1. The lowest BCUT2D eigenvalue weighted by molar-refractivity contribution is -0.151. The van der Waals surface area contributed by atoms with Gasteiger partial charge in [0.15, 0.2) is 0 Å². The van der Waals surface area contributed by atoms with E-state index in [2.05, 4.69) is 4.90 Å². The van der Waals surface area contributed by atoms with E-state index in [9.17, 15) is 14.7 Å². The topological polar surface area (TPSA) is 107 Å². The predicted molar refractivity (Wildman–Crippen MR) is 114 cm³/mol. The summed E-state index contributed by atoms with van der Waals surface area (Å²) in [5.74, 6) is -0.116. The molecule has 1 unspecified atom stereocenters. The van der Waals surface area contributed by atoms with E-state index in [1.807, 2.05) is 4.90 Å². The van der Waals surface area contributed by atoms with Gasteiger partial charge in [-0.2, -0.15) is 0 Å². The van der Waals surface area contributed by atoms with Gasteiger partial charge in [0.05, 0.1) is 11.5 Å². The first-order chi connectivity index (χ1) is 14.9. The number of rotatable bonds is 3. The number of halogens is 1. The lowest BCUT2D eigenvalue weighted by Gasteiger charge is -2.36. The molecule has 0 saturated carbocycles. The summed E-state index contributed by atoms with van der Waals surface area (Å²) in [6, 6.07) is 6.92. The molecule has 1 aromatic carbocycles. The first-order valence-electron chi connectivity index (χ1n) is 10.6. The molecule has 0 bridgehead atoms. The van der Waals surface area contributed by atoms with Gasteiger partial charge >= 0.3 is 5.97 Å². The Hall–Kier alpha value is -2.16. The normalized spacial score (nSPS) is 23.7. The highest BCUT2D eigenvalue weighted by molar-refractivity contribution is 6.30. The maximum absolute atomic E-state index is 12.7. The molecule has 3 saturated heterocycles. The van der Waals surface area contributed by atoms with Crippen molar-refractivity contribution in [2.45, 2.75) is 44.3 Å². The zero-order valence-electron chi connectivity index (χ0n) is 17.4. The molecule has 31 heavy (non-hydrogen) atoms. The standard InChI is InChI=1S/C21H27ClN2O4.CH2O2/c22-16-3-1-15(2-4-16)19(26)24-11-7-21(8-12-24)13-18(28-20(21)27)14-23-9-5-17(25)6-10-23;2-1-3/h1-4,17-18,25H,5-14H2;1H,(H,2,3). The molecule has 2 N–H and O–H groups in total. The summed E-state index contributed by atoms with van der Waals surface area (Å²) >= 11 is 5.90. The molecule has 3 aliphatic heterocycles. The number of esters is 1. The van der Waals surface area contributed by atoms with Crippen molar-refractivity contribution in [3.8, 4) is 0 Å². The van der Waals surface area contributed by atoms with Crippen LogP contribution in [0.4, 0.5) is 0 Å². The first kappa shape index (κ1) is 23.5. The third-order valence-electron chi connectivity index (χ3n) is 6.44. The van der Waals surface area contributed by atoms with Crippen molar-refractivity contribution in [3.05, 3.63) is 34.9 Å². The van der Waals surface area contributed by atoms with Crippen LogP contribution in [0.1, 0.15) is 42.5 Å². The van der Waals surface area contributed by atoms with Crippen molar-refractivity contribution in [2.75, 3.05) is 32.7 Å². The molecular formula is C22H29ClN2O6. The van der Waals surface area contributed by atoms with E-state index >= 15 is 0 Å². The lowest BCUT2D eigenvalue weighted by atomic mass is 9.76. The SMILES string of the molecule is O=C(c1ccc(Cl)cc1)N1CCC2(CC1)CC(CN1CCC(O)CC1)OC2=O.O=CO. The maximum atomic E-state index is 12.7. The van der Waals surface area contributed by atoms with Gasteiger partial charge in [-0.3, -0.25) is 19.3 Å². The minimum Gasteiger partial charge on any atom is -0.483 e. The van der Waals surface area contributed by atoms with Crippen LogP contribution < -0.4 is 0 Å². The molecule has 8 nitrogen and oxygen atoms in total. The molecule has 1 atom stereocenters. The average molecular weight is 453 g/mol. The van der Waals surface area contributed by atoms with Crippen LogP contribution in [-0.4, -0.2) is 83.3 Å². The molecule has 170 valence electrons. The summed E-state index contributed by atoms with van der Waals surface area (Å²) in [5, 5.41) is 17.1. The molecule has 4 rings (SSSR count). The molecule has 9 heteroatoms. The molecule has 1 spiro atoms. The third-order valence-corrected chi connectivity index (χ3v) is 6.69. The predicted octanol–water partition coefficient (Wildman–Crippen LogP) is 2.04. The number of cyclic esters (lactones) is 1. The van der Waals surface area contributed by atoms with Crippen LogP contribution in [0.3, 0.4) is 0 Å². The fourth-order valence-corrected chi connectivity index (χ4v) is 4.78. The lowest BCUT2D eigenvalue weighted by Crippen LogP contribution is -2.45. The Kier molecular flexibility index (Phi) is 7.91. The van der Waals surface area contributed by atoms with E-state index in [4.69, 9.17) is 26.2 Å². The Morgan fingerprint density at radius 1 is 1.16 bits per heavy atom. The van der Waals surface area contributed by atoms with E-state index in [0.717, 1.165) is 38.9 Å². The van der Waals surface area contributed by atoms with E-state index in [1.165, 1.54) is 0 Å². The Labute approximate surface area is 186 Å². The molecule has 3 fully saturated rings. The first-order valence-corrected chi connectivity index (χ1v) is 11.0. The quantitative estimate of drug-likeness (QED) is 0.533. The summed E-state index contributed by atoms with van der Waals surface area (Å²) in [6.07, 6.45) is 3.33. The van der Waals surface area contributed by atoms with Gasteiger partial charge in [-0.1, -0.05) is 11.6 Å². The van der Waals surface area contributed by atoms with Gasteiger partial charge in [0, 0.05) is 49.7 Å². The third kappa shape index (κ3) is 5.75. The van der Waals surface area contributed by atoms with Crippen molar-refractivity contribution in [1.82, 2.24) is 9.80 Å². The Balaban J connectivity index is 0.000000858. The number of ether oxygens (including phenoxy) is 1. The molecule has 0 aliphatic carbocycles. The van der Waals surface area contributed by atoms with Crippen molar-refractivity contribution >= 4 is 29.9 Å². The summed E-state index contributed by atoms with van der Waals surface area (Å²) in [7, 11) is 0. The van der Waals surface area contributed by atoms with Gasteiger partial charge in [0.25, 0.3) is 12.4 Å². The van der Waals surface area contributed by atoms with Crippen LogP contribution in [0.2, 0.25) is 5.02 Å². The number of piperidine rings is 2. The van der Waals surface area contributed by atoms with Gasteiger partial charge in [-0.05, 0) is 49.9 Å².